The van der Waals surface area contributed by atoms with Gasteiger partial charge in [0.2, 0.25) is 0 Å². The average Bonchev–Trinajstić information content (AvgIpc) is 1.97. The Hall–Kier alpha value is 0.270. The van der Waals surface area contributed by atoms with Crippen molar-refractivity contribution in [3.05, 3.63) is 0 Å². The molecule has 0 saturated heterocycles. The van der Waals surface area contributed by atoms with Crippen LogP contribution in [-0.2, 0) is 0 Å². The summed E-state index contributed by atoms with van der Waals surface area (Å²) in [6.45, 7) is 8.37. The molecular weight excluding hydrogens is 156 g/mol. The first-order chi connectivity index (χ1) is 5.16. The predicted octanol–water partition coefficient (Wildman–Crippen LogP) is 1.06. The van der Waals surface area contributed by atoms with E-state index < -0.39 is 0 Å². The van der Waals surface area contributed by atoms with Crippen molar-refractivity contribution in [1.29, 1.82) is 0 Å². The molecule has 0 fully saturated rings. The second kappa shape index (κ2) is 6.95. The van der Waals surface area contributed by atoms with Gasteiger partial charge in [0, 0.05) is 30.1 Å². The molecule has 0 spiro atoms. The molecule has 0 aromatic rings. The Kier molecular flexibility index (Phi) is 7.12. The van der Waals surface area contributed by atoms with E-state index in [1.54, 1.807) is 0 Å². The molecule has 0 aliphatic carbocycles. The van der Waals surface area contributed by atoms with E-state index in [1.807, 2.05) is 11.8 Å². The molecule has 0 aliphatic heterocycles. The Morgan fingerprint density at radius 1 is 1.36 bits per heavy atom. The smallest absolute Gasteiger partial charge is 0.0142 e. The van der Waals surface area contributed by atoms with Crippen LogP contribution in [0.1, 0.15) is 20.8 Å². The van der Waals surface area contributed by atoms with E-state index in [4.69, 9.17) is 5.73 Å². The highest BCUT2D eigenvalue weighted by Crippen LogP contribution is 2.06. The maximum atomic E-state index is 5.47. The number of rotatable bonds is 6. The summed E-state index contributed by atoms with van der Waals surface area (Å²) in [5.41, 5.74) is 5.47. The van der Waals surface area contributed by atoms with Crippen molar-refractivity contribution in [3.8, 4) is 0 Å². The predicted molar refractivity (Wildman–Crippen MR) is 54.1 cm³/mol. The zero-order valence-corrected chi connectivity index (χ0v) is 8.58. The third-order valence-electron chi connectivity index (χ3n) is 1.39. The van der Waals surface area contributed by atoms with E-state index in [1.165, 1.54) is 0 Å². The topological polar surface area (TPSA) is 38.0 Å². The fourth-order valence-electron chi connectivity index (χ4n) is 0.676. The van der Waals surface area contributed by atoms with Gasteiger partial charge < -0.3 is 11.1 Å². The number of hydrogen-bond acceptors (Lipinski definition) is 3. The molecule has 0 aromatic carbocycles. The van der Waals surface area contributed by atoms with Gasteiger partial charge in [-0.1, -0.05) is 20.8 Å². The number of nitrogens with one attached hydrogen (secondary N) is 1. The molecule has 0 rings (SSSR count). The molecule has 2 nitrogen and oxygen atoms in total. The summed E-state index contributed by atoms with van der Waals surface area (Å²) in [5.74, 6) is 1.16. The molecule has 11 heavy (non-hydrogen) atoms. The largest absolute Gasteiger partial charge is 0.329 e. The van der Waals surface area contributed by atoms with Crippen LogP contribution < -0.4 is 11.1 Å². The molecular formula is C8H20N2S. The van der Waals surface area contributed by atoms with Crippen molar-refractivity contribution in [2.24, 2.45) is 5.73 Å². The van der Waals surface area contributed by atoms with Crippen LogP contribution in [0.5, 0.6) is 0 Å². The Balaban J connectivity index is 3.01. The van der Waals surface area contributed by atoms with E-state index in [-0.39, 0.29) is 0 Å². The van der Waals surface area contributed by atoms with Gasteiger partial charge in [0.15, 0.2) is 0 Å². The van der Waals surface area contributed by atoms with E-state index in [0.717, 1.165) is 18.8 Å². The number of thioether (sulfide) groups is 1. The minimum Gasteiger partial charge on any atom is -0.329 e. The van der Waals surface area contributed by atoms with Gasteiger partial charge >= 0.3 is 0 Å². The lowest BCUT2D eigenvalue weighted by atomic mass is 10.4. The van der Waals surface area contributed by atoms with Crippen LogP contribution >= 0.6 is 11.8 Å². The molecule has 0 bridgehead atoms. The first-order valence-corrected chi connectivity index (χ1v) is 5.26. The third kappa shape index (κ3) is 8.17. The standard InChI is InChI=1S/C8H20N2S/c1-7(2)10-4-5-11-8(3)6-9/h7-8,10H,4-6,9H2,1-3H3. The monoisotopic (exact) mass is 176 g/mol. The van der Waals surface area contributed by atoms with Crippen LogP contribution in [0.2, 0.25) is 0 Å². The molecule has 68 valence electrons. The molecule has 0 heterocycles. The maximum Gasteiger partial charge on any atom is 0.0142 e. The van der Waals surface area contributed by atoms with E-state index in [0.29, 0.717) is 11.3 Å². The lowest BCUT2D eigenvalue weighted by Crippen LogP contribution is -2.26. The minimum absolute atomic E-state index is 0.601. The van der Waals surface area contributed by atoms with Gasteiger partial charge in [-0.3, -0.25) is 0 Å². The Morgan fingerprint density at radius 3 is 2.45 bits per heavy atom. The van der Waals surface area contributed by atoms with Gasteiger partial charge in [0.1, 0.15) is 0 Å². The lowest BCUT2D eigenvalue weighted by molar-refractivity contribution is 0.615. The van der Waals surface area contributed by atoms with Gasteiger partial charge in [0.05, 0.1) is 0 Å². The van der Waals surface area contributed by atoms with Crippen molar-refractivity contribution in [2.75, 3.05) is 18.8 Å². The Labute approximate surface area is 74.3 Å². The van der Waals surface area contributed by atoms with Crippen LogP contribution in [0.15, 0.2) is 0 Å². The van der Waals surface area contributed by atoms with Gasteiger partial charge in [0.25, 0.3) is 0 Å². The van der Waals surface area contributed by atoms with Crippen molar-refractivity contribution in [3.63, 3.8) is 0 Å². The molecule has 1 unspecified atom stereocenters. The van der Waals surface area contributed by atoms with Crippen LogP contribution in [0.4, 0.5) is 0 Å². The first-order valence-electron chi connectivity index (χ1n) is 4.22. The molecule has 3 heteroatoms. The molecule has 1 atom stereocenters. The molecule has 0 aliphatic rings. The van der Waals surface area contributed by atoms with Crippen molar-refractivity contribution in [1.82, 2.24) is 5.32 Å². The minimum atomic E-state index is 0.601. The van der Waals surface area contributed by atoms with Gasteiger partial charge in [-0.25, -0.2) is 0 Å². The van der Waals surface area contributed by atoms with Crippen LogP contribution in [0, 0.1) is 0 Å². The quantitative estimate of drug-likeness (QED) is 0.594. The number of hydrogen-bond donors (Lipinski definition) is 2. The summed E-state index contributed by atoms with van der Waals surface area (Å²) in [6, 6.07) is 0.601. The van der Waals surface area contributed by atoms with Crippen molar-refractivity contribution < 1.29 is 0 Å². The lowest BCUT2D eigenvalue weighted by Gasteiger charge is -2.10. The highest BCUT2D eigenvalue weighted by atomic mass is 32.2. The van der Waals surface area contributed by atoms with Gasteiger partial charge in [-0.15, -0.1) is 0 Å². The summed E-state index contributed by atoms with van der Waals surface area (Å²) in [7, 11) is 0. The van der Waals surface area contributed by atoms with Gasteiger partial charge in [-0.05, 0) is 0 Å². The van der Waals surface area contributed by atoms with Crippen molar-refractivity contribution >= 4 is 11.8 Å². The summed E-state index contributed by atoms with van der Waals surface area (Å²) >= 11 is 1.93. The first kappa shape index (κ1) is 11.3. The third-order valence-corrected chi connectivity index (χ3v) is 2.59. The zero-order valence-electron chi connectivity index (χ0n) is 7.76. The summed E-state index contributed by atoms with van der Waals surface area (Å²) in [6.07, 6.45) is 0. The highest BCUT2D eigenvalue weighted by Gasteiger charge is 1.98. The highest BCUT2D eigenvalue weighted by molar-refractivity contribution is 7.99. The molecule has 0 saturated carbocycles. The number of nitrogens with two attached hydrogens (primary N) is 1. The Morgan fingerprint density at radius 2 is 2.00 bits per heavy atom. The average molecular weight is 176 g/mol. The second-order valence-corrected chi connectivity index (χ2v) is 4.57. The summed E-state index contributed by atoms with van der Waals surface area (Å²) in [5, 5.41) is 3.96. The summed E-state index contributed by atoms with van der Waals surface area (Å²) < 4.78 is 0. The van der Waals surface area contributed by atoms with Crippen LogP contribution in [0.25, 0.3) is 0 Å². The fourth-order valence-corrected chi connectivity index (χ4v) is 1.45. The molecule has 3 N–H and O–H groups in total. The molecule has 0 amide bonds. The van der Waals surface area contributed by atoms with Crippen LogP contribution in [-0.4, -0.2) is 30.1 Å². The van der Waals surface area contributed by atoms with E-state index in [2.05, 4.69) is 26.1 Å². The normalized spacial score (nSPS) is 13.9. The van der Waals surface area contributed by atoms with E-state index >= 15 is 0 Å². The molecule has 0 radical (unpaired) electrons. The molecule has 0 aromatic heterocycles. The zero-order chi connectivity index (χ0) is 8.69. The van der Waals surface area contributed by atoms with E-state index in [9.17, 15) is 0 Å². The van der Waals surface area contributed by atoms with Crippen molar-refractivity contribution in [2.45, 2.75) is 32.1 Å². The van der Waals surface area contributed by atoms with Gasteiger partial charge in [-0.2, -0.15) is 11.8 Å². The SMILES string of the molecule is CC(C)NCCSC(C)CN. The fraction of sp³-hybridized carbons (Fsp3) is 1.00. The Bertz CT molecular complexity index is 86.2. The summed E-state index contributed by atoms with van der Waals surface area (Å²) in [4.78, 5) is 0. The second-order valence-electron chi connectivity index (χ2n) is 3.03. The maximum absolute atomic E-state index is 5.47. The van der Waals surface area contributed by atoms with Crippen LogP contribution in [0.3, 0.4) is 0 Å².